The molecule has 0 saturated heterocycles. The molecule has 1 unspecified atom stereocenters. The number of ether oxygens (including phenoxy) is 1. The fraction of sp³-hybridized carbons (Fsp3) is 0.318. The Labute approximate surface area is 166 Å². The topological polar surface area (TPSA) is 71.3 Å². The monoisotopic (exact) mass is 380 g/mol. The van der Waals surface area contributed by atoms with Gasteiger partial charge >= 0.3 is 0 Å². The molecule has 0 aliphatic rings. The molecule has 148 valence electrons. The predicted molar refractivity (Wildman–Crippen MR) is 112 cm³/mol. The fourth-order valence-electron chi connectivity index (χ4n) is 3.03. The molecule has 1 atom stereocenters. The first-order chi connectivity index (χ1) is 13.6. The molecule has 0 aliphatic carbocycles. The maximum atomic E-state index is 10.0. The van der Waals surface area contributed by atoms with Gasteiger partial charge in [0.25, 0.3) is 0 Å². The molecule has 3 rings (SSSR count). The van der Waals surface area contributed by atoms with Crippen molar-refractivity contribution in [1.29, 1.82) is 0 Å². The maximum Gasteiger partial charge on any atom is 0.119 e. The van der Waals surface area contributed by atoms with Crippen molar-refractivity contribution < 1.29 is 9.84 Å². The van der Waals surface area contributed by atoms with Gasteiger partial charge in [-0.25, -0.2) is 4.68 Å². The Hall–Kier alpha value is -2.83. The van der Waals surface area contributed by atoms with E-state index in [9.17, 15) is 5.11 Å². The van der Waals surface area contributed by atoms with Crippen LogP contribution in [0.25, 0.3) is 5.69 Å². The summed E-state index contributed by atoms with van der Waals surface area (Å²) in [6, 6.07) is 19.6. The molecule has 1 heterocycles. The largest absolute Gasteiger partial charge is 0.491 e. The average Bonchev–Trinajstić information content (AvgIpc) is 3.01. The molecular formula is C22H28N4O2. The number of aryl methyl sites for hydroxylation is 1. The quantitative estimate of drug-likeness (QED) is 0.472. The van der Waals surface area contributed by atoms with Crippen LogP contribution in [0.3, 0.4) is 0 Å². The van der Waals surface area contributed by atoms with Gasteiger partial charge in [-0.05, 0) is 38.1 Å². The van der Waals surface area contributed by atoms with Crippen molar-refractivity contribution in [1.82, 2.24) is 15.1 Å². The number of benzene rings is 2. The molecule has 3 aromatic rings. The van der Waals surface area contributed by atoms with Gasteiger partial charge < -0.3 is 20.5 Å². The molecule has 3 N–H and O–H groups in total. The second kappa shape index (κ2) is 9.92. The molecule has 0 fully saturated rings. The number of nitrogens with one attached hydrogen (secondary N) is 2. The Morgan fingerprint density at radius 2 is 1.68 bits per heavy atom. The minimum atomic E-state index is -0.551. The first-order valence-electron chi connectivity index (χ1n) is 9.57. The number of aromatic nitrogens is 2. The second-order valence-electron chi connectivity index (χ2n) is 6.70. The SMILES string of the molecule is Cc1nn(-c2ccccc2)c(C)c1NCCNCC(O)COc1ccccc1. The van der Waals surface area contributed by atoms with Crippen LogP contribution in [0, 0.1) is 13.8 Å². The van der Waals surface area contributed by atoms with Crippen LogP contribution in [-0.2, 0) is 0 Å². The van der Waals surface area contributed by atoms with Gasteiger partial charge in [-0.1, -0.05) is 36.4 Å². The highest BCUT2D eigenvalue weighted by molar-refractivity contribution is 5.54. The summed E-state index contributed by atoms with van der Waals surface area (Å²) < 4.78 is 7.51. The van der Waals surface area contributed by atoms with Gasteiger partial charge in [0.1, 0.15) is 18.5 Å². The molecule has 28 heavy (non-hydrogen) atoms. The summed E-state index contributed by atoms with van der Waals surface area (Å²) in [6.07, 6.45) is -0.551. The first kappa shape index (κ1) is 19.9. The lowest BCUT2D eigenvalue weighted by Gasteiger charge is -2.14. The summed E-state index contributed by atoms with van der Waals surface area (Å²) in [7, 11) is 0. The lowest BCUT2D eigenvalue weighted by Crippen LogP contribution is -2.34. The first-order valence-corrected chi connectivity index (χ1v) is 9.57. The normalized spacial score (nSPS) is 12.0. The number of hydrogen-bond donors (Lipinski definition) is 3. The predicted octanol–water partition coefficient (Wildman–Crippen LogP) is 2.93. The van der Waals surface area contributed by atoms with Gasteiger partial charge in [-0.2, -0.15) is 5.10 Å². The van der Waals surface area contributed by atoms with Gasteiger partial charge in [-0.15, -0.1) is 0 Å². The third-order valence-electron chi connectivity index (χ3n) is 4.46. The van der Waals surface area contributed by atoms with Crippen LogP contribution in [0.5, 0.6) is 5.75 Å². The van der Waals surface area contributed by atoms with E-state index >= 15 is 0 Å². The van der Waals surface area contributed by atoms with E-state index in [1.165, 1.54) is 0 Å². The molecule has 2 aromatic carbocycles. The van der Waals surface area contributed by atoms with Crippen molar-refractivity contribution in [2.75, 3.05) is 31.6 Å². The van der Waals surface area contributed by atoms with Crippen LogP contribution < -0.4 is 15.4 Å². The van der Waals surface area contributed by atoms with Crippen molar-refractivity contribution in [2.24, 2.45) is 0 Å². The average molecular weight is 380 g/mol. The number of nitrogens with zero attached hydrogens (tertiary/aromatic N) is 2. The van der Waals surface area contributed by atoms with E-state index in [0.29, 0.717) is 6.54 Å². The number of rotatable bonds is 10. The number of aliphatic hydroxyl groups excluding tert-OH is 1. The highest BCUT2D eigenvalue weighted by Gasteiger charge is 2.12. The van der Waals surface area contributed by atoms with E-state index < -0.39 is 6.10 Å². The third kappa shape index (κ3) is 5.34. The molecular weight excluding hydrogens is 352 g/mol. The van der Waals surface area contributed by atoms with Crippen molar-refractivity contribution >= 4 is 5.69 Å². The van der Waals surface area contributed by atoms with Gasteiger partial charge in [0.15, 0.2) is 0 Å². The molecule has 0 aliphatic heterocycles. The van der Waals surface area contributed by atoms with E-state index in [2.05, 4.69) is 22.7 Å². The van der Waals surface area contributed by atoms with Crippen molar-refractivity contribution in [3.05, 3.63) is 72.1 Å². The zero-order valence-electron chi connectivity index (χ0n) is 16.4. The Morgan fingerprint density at radius 1 is 1.00 bits per heavy atom. The molecule has 0 radical (unpaired) electrons. The van der Waals surface area contributed by atoms with Gasteiger partial charge in [0.2, 0.25) is 0 Å². The molecule has 0 spiro atoms. The van der Waals surface area contributed by atoms with Crippen LogP contribution in [-0.4, -0.2) is 47.2 Å². The Balaban J connectivity index is 1.40. The molecule has 0 bridgehead atoms. The van der Waals surface area contributed by atoms with E-state index in [0.717, 1.165) is 41.6 Å². The van der Waals surface area contributed by atoms with E-state index in [-0.39, 0.29) is 6.61 Å². The molecule has 1 aromatic heterocycles. The Bertz CT molecular complexity index is 850. The second-order valence-corrected chi connectivity index (χ2v) is 6.70. The van der Waals surface area contributed by atoms with E-state index in [1.807, 2.05) is 72.3 Å². The zero-order valence-corrected chi connectivity index (χ0v) is 16.4. The van der Waals surface area contributed by atoms with Crippen LogP contribution in [0.15, 0.2) is 60.7 Å². The lowest BCUT2D eigenvalue weighted by atomic mass is 10.3. The van der Waals surface area contributed by atoms with Crippen LogP contribution in [0.2, 0.25) is 0 Å². The molecule has 6 nitrogen and oxygen atoms in total. The number of hydrogen-bond acceptors (Lipinski definition) is 5. The van der Waals surface area contributed by atoms with E-state index in [1.54, 1.807) is 0 Å². The minimum Gasteiger partial charge on any atom is -0.491 e. The van der Waals surface area contributed by atoms with Gasteiger partial charge in [0, 0.05) is 19.6 Å². The summed E-state index contributed by atoms with van der Waals surface area (Å²) in [6.45, 7) is 6.30. The van der Waals surface area contributed by atoms with Gasteiger partial charge in [-0.3, -0.25) is 0 Å². The van der Waals surface area contributed by atoms with Crippen LogP contribution in [0.1, 0.15) is 11.4 Å². The van der Waals surface area contributed by atoms with Crippen molar-refractivity contribution in [3.63, 3.8) is 0 Å². The molecule has 6 heteroatoms. The smallest absolute Gasteiger partial charge is 0.119 e. The fourth-order valence-corrected chi connectivity index (χ4v) is 3.03. The highest BCUT2D eigenvalue weighted by atomic mass is 16.5. The van der Waals surface area contributed by atoms with E-state index in [4.69, 9.17) is 4.74 Å². The summed E-state index contributed by atoms with van der Waals surface area (Å²) in [4.78, 5) is 0. The lowest BCUT2D eigenvalue weighted by molar-refractivity contribution is 0.107. The standard InChI is InChI=1S/C22H28N4O2/c1-17-22(18(2)26(25-17)19-9-5-3-6-10-19)24-14-13-23-15-20(27)16-28-21-11-7-4-8-12-21/h3-12,20,23-24,27H,13-16H2,1-2H3. The maximum absolute atomic E-state index is 10.0. The Kier molecular flexibility index (Phi) is 7.06. The molecule has 0 amide bonds. The summed E-state index contributed by atoms with van der Waals surface area (Å²) in [5.74, 6) is 0.768. The number of para-hydroxylation sites is 2. The summed E-state index contributed by atoms with van der Waals surface area (Å²) in [5, 5.41) is 21.4. The zero-order chi connectivity index (χ0) is 19.8. The van der Waals surface area contributed by atoms with Gasteiger partial charge in [0.05, 0.1) is 22.8 Å². The van der Waals surface area contributed by atoms with Crippen molar-refractivity contribution in [2.45, 2.75) is 20.0 Å². The molecule has 0 saturated carbocycles. The highest BCUT2D eigenvalue weighted by Crippen LogP contribution is 2.22. The summed E-state index contributed by atoms with van der Waals surface area (Å²) in [5.41, 5.74) is 4.16. The van der Waals surface area contributed by atoms with Crippen LogP contribution >= 0.6 is 0 Å². The third-order valence-corrected chi connectivity index (χ3v) is 4.46. The minimum absolute atomic E-state index is 0.270. The summed E-state index contributed by atoms with van der Waals surface area (Å²) >= 11 is 0. The number of aliphatic hydroxyl groups is 1. The van der Waals surface area contributed by atoms with Crippen LogP contribution in [0.4, 0.5) is 5.69 Å². The Morgan fingerprint density at radius 3 is 2.39 bits per heavy atom. The number of anilines is 1. The van der Waals surface area contributed by atoms with Crippen molar-refractivity contribution in [3.8, 4) is 11.4 Å².